The smallest absolute Gasteiger partial charge is 0.337 e. The third-order valence-electron chi connectivity index (χ3n) is 7.63. The van der Waals surface area contributed by atoms with Crippen LogP contribution in [-0.4, -0.2) is 43.9 Å². The van der Waals surface area contributed by atoms with Crippen molar-refractivity contribution in [1.82, 2.24) is 0 Å². The highest BCUT2D eigenvalue weighted by Gasteiger charge is 2.67. The summed E-state index contributed by atoms with van der Waals surface area (Å²) < 4.78 is 0. The molecule has 0 aliphatic heterocycles. The van der Waals surface area contributed by atoms with E-state index < -0.39 is 34.8 Å². The van der Waals surface area contributed by atoms with Gasteiger partial charge in [0, 0.05) is 0 Å². The molecule has 0 aromatic heterocycles. The maximum absolute atomic E-state index is 12.8. The van der Waals surface area contributed by atoms with Gasteiger partial charge in [0.25, 0.3) is 0 Å². The van der Waals surface area contributed by atoms with Crippen molar-refractivity contribution in [2.45, 2.75) is 87.2 Å². The van der Waals surface area contributed by atoms with Crippen molar-refractivity contribution in [3.05, 3.63) is 0 Å². The zero-order valence-electron chi connectivity index (χ0n) is 20.7. The van der Waals surface area contributed by atoms with Crippen molar-refractivity contribution in [3.8, 4) is 0 Å². The van der Waals surface area contributed by atoms with Crippen LogP contribution in [0.5, 0.6) is 0 Å². The van der Waals surface area contributed by atoms with Crippen molar-refractivity contribution in [2.75, 3.05) is 0 Å². The van der Waals surface area contributed by atoms with Crippen molar-refractivity contribution < 1.29 is 34.8 Å². The highest BCUT2D eigenvalue weighted by Crippen LogP contribution is 2.51. The number of hydrogen-bond donors (Lipinski definition) is 4. The largest absolute Gasteiger partial charge is 0.481 e. The van der Waals surface area contributed by atoms with Crippen molar-refractivity contribution in [1.29, 1.82) is 0 Å². The number of aliphatic hydroxyl groups is 1. The normalized spacial score (nSPS) is 20.0. The van der Waals surface area contributed by atoms with Gasteiger partial charge < -0.3 is 20.4 Å². The minimum atomic E-state index is -2.96. The van der Waals surface area contributed by atoms with Crippen LogP contribution in [0, 0.1) is 46.8 Å². The van der Waals surface area contributed by atoms with Crippen LogP contribution < -0.4 is 0 Å². The molecule has 0 aliphatic carbocycles. The summed E-state index contributed by atoms with van der Waals surface area (Å²) >= 11 is 0. The molecule has 0 heterocycles. The molecule has 7 heteroatoms. The molecule has 0 rings (SSSR count). The molecule has 0 bridgehead atoms. The summed E-state index contributed by atoms with van der Waals surface area (Å²) in [5.41, 5.74) is -5.11. The Labute approximate surface area is 187 Å². The van der Waals surface area contributed by atoms with Crippen LogP contribution >= 0.6 is 0 Å². The molecule has 0 saturated carbocycles. The van der Waals surface area contributed by atoms with Gasteiger partial charge >= 0.3 is 17.9 Å². The number of hydrogen-bond acceptors (Lipinski definition) is 4. The lowest BCUT2D eigenvalue weighted by atomic mass is 9.56. The highest BCUT2D eigenvalue weighted by atomic mass is 16.4. The van der Waals surface area contributed by atoms with Crippen LogP contribution in [0.2, 0.25) is 0 Å². The number of aliphatic carboxylic acids is 3. The van der Waals surface area contributed by atoms with Gasteiger partial charge in [-0.05, 0) is 54.8 Å². The molecule has 5 atom stereocenters. The van der Waals surface area contributed by atoms with E-state index in [0.717, 1.165) is 0 Å². The lowest BCUT2D eigenvalue weighted by Crippen LogP contribution is -2.65. The first kappa shape index (κ1) is 29.4. The van der Waals surface area contributed by atoms with Crippen LogP contribution in [0.15, 0.2) is 0 Å². The number of rotatable bonds is 14. The van der Waals surface area contributed by atoms with Gasteiger partial charge in [0.05, 0.1) is 5.92 Å². The molecule has 0 radical (unpaired) electrons. The quantitative estimate of drug-likeness (QED) is 0.307. The Bertz CT molecular complexity index is 609. The predicted octanol–water partition coefficient (Wildman–Crippen LogP) is 4.62. The van der Waals surface area contributed by atoms with Gasteiger partial charge in [-0.15, -0.1) is 0 Å². The topological polar surface area (TPSA) is 132 Å². The Hall–Kier alpha value is -1.63. The number of carbonyl (C=O) groups is 3. The Balaban J connectivity index is 7.02. The molecular formula is C24H44O7. The lowest BCUT2D eigenvalue weighted by Gasteiger charge is -2.48. The minimum absolute atomic E-state index is 0.0315. The van der Waals surface area contributed by atoms with Crippen LogP contribution in [0.25, 0.3) is 0 Å². The second kappa shape index (κ2) is 11.3. The van der Waals surface area contributed by atoms with E-state index in [0.29, 0.717) is 0 Å². The molecule has 7 nitrogen and oxygen atoms in total. The Morgan fingerprint density at radius 1 is 0.645 bits per heavy atom. The summed E-state index contributed by atoms with van der Waals surface area (Å²) in [4.78, 5) is 37.7. The van der Waals surface area contributed by atoms with Crippen LogP contribution in [0.3, 0.4) is 0 Å². The van der Waals surface area contributed by atoms with Crippen molar-refractivity contribution >= 4 is 17.9 Å². The van der Waals surface area contributed by atoms with E-state index in [4.69, 9.17) is 0 Å². The molecule has 5 unspecified atom stereocenters. The second-order valence-corrected chi connectivity index (χ2v) is 10.7. The van der Waals surface area contributed by atoms with Crippen molar-refractivity contribution in [2.24, 2.45) is 46.8 Å². The molecule has 0 aromatic rings. The first-order valence-corrected chi connectivity index (χ1v) is 11.4. The second-order valence-electron chi connectivity index (χ2n) is 10.7. The molecule has 0 spiro atoms. The summed E-state index contributed by atoms with van der Waals surface area (Å²) in [6.07, 6.45) is -0.379. The third-order valence-corrected chi connectivity index (χ3v) is 7.63. The standard InChI is InChI=1S/C24H44O7/c1-13(2)16(7)10-19(20(25)26)24(31,22(29)30)23(21(27)28,11-17(8)14(3)4)12-18(9)15(5)6/h13-19,31H,10-12H2,1-9H3,(H,25,26)(H,27,28)(H,29,30). The molecule has 4 N–H and O–H groups in total. The molecule has 0 aromatic carbocycles. The molecule has 0 fully saturated rings. The zero-order valence-corrected chi connectivity index (χ0v) is 20.7. The maximum Gasteiger partial charge on any atom is 0.337 e. The average Bonchev–Trinajstić information content (AvgIpc) is 2.63. The van der Waals surface area contributed by atoms with Crippen molar-refractivity contribution in [3.63, 3.8) is 0 Å². The summed E-state index contributed by atoms with van der Waals surface area (Å²) in [7, 11) is 0. The molecular weight excluding hydrogens is 400 g/mol. The molecule has 0 amide bonds. The van der Waals surface area contributed by atoms with E-state index in [-0.39, 0.29) is 54.8 Å². The number of carboxylic acid groups (broad SMARTS) is 3. The SMILES string of the molecule is CC(C)C(C)CC(C(=O)O)C(O)(C(=O)O)C(CC(C)C(C)C)(CC(C)C(C)C)C(=O)O. The average molecular weight is 445 g/mol. The van der Waals surface area contributed by atoms with Gasteiger partial charge in [-0.2, -0.15) is 0 Å². The van der Waals surface area contributed by atoms with Crippen LogP contribution in [0.1, 0.15) is 81.6 Å². The lowest BCUT2D eigenvalue weighted by molar-refractivity contribution is -0.212. The first-order chi connectivity index (χ1) is 13.9. The Morgan fingerprint density at radius 3 is 1.23 bits per heavy atom. The monoisotopic (exact) mass is 444 g/mol. The fourth-order valence-corrected chi connectivity index (χ4v) is 4.08. The predicted molar refractivity (Wildman–Crippen MR) is 120 cm³/mol. The van der Waals surface area contributed by atoms with E-state index >= 15 is 0 Å². The molecule has 31 heavy (non-hydrogen) atoms. The van der Waals surface area contributed by atoms with E-state index in [1.54, 1.807) is 6.92 Å². The molecule has 182 valence electrons. The summed E-state index contributed by atoms with van der Waals surface area (Å²) in [5.74, 6) is -7.07. The van der Waals surface area contributed by atoms with E-state index in [9.17, 15) is 34.8 Å². The summed E-state index contributed by atoms with van der Waals surface area (Å²) in [6, 6.07) is 0. The maximum atomic E-state index is 12.8. The Morgan fingerprint density at radius 2 is 1.00 bits per heavy atom. The summed E-state index contributed by atoms with van der Waals surface area (Å²) in [6.45, 7) is 16.8. The first-order valence-electron chi connectivity index (χ1n) is 11.4. The van der Waals surface area contributed by atoms with Crippen LogP contribution in [-0.2, 0) is 14.4 Å². The third kappa shape index (κ3) is 6.43. The van der Waals surface area contributed by atoms with Gasteiger partial charge in [-0.3, -0.25) is 9.59 Å². The van der Waals surface area contributed by atoms with E-state index in [1.165, 1.54) is 0 Å². The zero-order chi connectivity index (χ0) is 24.9. The summed E-state index contributed by atoms with van der Waals surface area (Å²) in [5, 5.41) is 42.4. The fraction of sp³-hybridized carbons (Fsp3) is 0.875. The molecule has 0 saturated heterocycles. The van der Waals surface area contributed by atoms with E-state index in [2.05, 4.69) is 0 Å². The van der Waals surface area contributed by atoms with Gasteiger partial charge in [-0.25, -0.2) is 4.79 Å². The number of carboxylic acids is 3. The van der Waals surface area contributed by atoms with E-state index in [1.807, 2.05) is 55.4 Å². The Kier molecular flexibility index (Phi) is 10.7. The van der Waals surface area contributed by atoms with Gasteiger partial charge in [0.15, 0.2) is 5.60 Å². The fourth-order valence-electron chi connectivity index (χ4n) is 4.08. The highest BCUT2D eigenvalue weighted by molar-refractivity contribution is 5.93. The van der Waals surface area contributed by atoms with Gasteiger partial charge in [-0.1, -0.05) is 62.3 Å². The minimum Gasteiger partial charge on any atom is -0.481 e. The van der Waals surface area contributed by atoms with Crippen LogP contribution in [0.4, 0.5) is 0 Å². The van der Waals surface area contributed by atoms with Gasteiger partial charge in [0.2, 0.25) is 0 Å². The van der Waals surface area contributed by atoms with Gasteiger partial charge in [0.1, 0.15) is 5.41 Å². The molecule has 0 aliphatic rings.